The predicted molar refractivity (Wildman–Crippen MR) is 73.4 cm³/mol. The summed E-state index contributed by atoms with van der Waals surface area (Å²) in [6, 6.07) is -0.526. The van der Waals surface area contributed by atoms with Crippen LogP contribution in [0.2, 0.25) is 0 Å². The summed E-state index contributed by atoms with van der Waals surface area (Å²) in [4.78, 5) is 11.9. The Morgan fingerprint density at radius 2 is 1.79 bits per heavy atom. The molecule has 4 heteroatoms. The zero-order valence-corrected chi connectivity index (χ0v) is 11.8. The van der Waals surface area contributed by atoms with Gasteiger partial charge in [0, 0.05) is 13.7 Å². The standard InChI is InChI=1S/C15H26N2O2/c1-19-8-14(16)15(18)17-7-13-11-3-9-2-10(5-11)6-12(13)4-9/h9-14H,2-8,16H2,1H3,(H,17,18). The Balaban J connectivity index is 1.52. The van der Waals surface area contributed by atoms with Crippen molar-refractivity contribution in [3.63, 3.8) is 0 Å². The molecule has 3 N–H and O–H groups in total. The van der Waals surface area contributed by atoms with E-state index in [1.54, 1.807) is 7.11 Å². The summed E-state index contributed by atoms with van der Waals surface area (Å²) < 4.78 is 4.93. The van der Waals surface area contributed by atoms with Gasteiger partial charge >= 0.3 is 0 Å². The number of methoxy groups -OCH3 is 1. The fourth-order valence-corrected chi connectivity index (χ4v) is 4.98. The lowest BCUT2D eigenvalue weighted by Gasteiger charge is -2.54. The molecule has 19 heavy (non-hydrogen) atoms. The van der Waals surface area contributed by atoms with E-state index in [1.807, 2.05) is 0 Å². The van der Waals surface area contributed by atoms with Crippen molar-refractivity contribution in [1.82, 2.24) is 5.32 Å². The molecule has 4 aliphatic carbocycles. The van der Waals surface area contributed by atoms with Gasteiger partial charge < -0.3 is 15.8 Å². The van der Waals surface area contributed by atoms with Crippen LogP contribution in [-0.2, 0) is 9.53 Å². The molecule has 0 saturated heterocycles. The smallest absolute Gasteiger partial charge is 0.239 e. The highest BCUT2D eigenvalue weighted by Gasteiger charge is 2.47. The van der Waals surface area contributed by atoms with Gasteiger partial charge in [-0.25, -0.2) is 0 Å². The predicted octanol–water partition coefficient (Wildman–Crippen LogP) is 1.15. The summed E-state index contributed by atoms with van der Waals surface area (Å²) in [5, 5.41) is 3.05. The molecular weight excluding hydrogens is 240 g/mol. The lowest BCUT2D eigenvalue weighted by molar-refractivity contribution is -0.124. The van der Waals surface area contributed by atoms with Crippen molar-refractivity contribution in [2.75, 3.05) is 20.3 Å². The van der Waals surface area contributed by atoms with Crippen LogP contribution in [0.25, 0.3) is 0 Å². The van der Waals surface area contributed by atoms with E-state index in [4.69, 9.17) is 10.5 Å². The van der Waals surface area contributed by atoms with Gasteiger partial charge in [-0.15, -0.1) is 0 Å². The first-order valence-electron chi connectivity index (χ1n) is 7.69. The van der Waals surface area contributed by atoms with Crippen molar-refractivity contribution >= 4 is 5.91 Å². The normalized spacial score (nSPS) is 41.3. The van der Waals surface area contributed by atoms with Crippen molar-refractivity contribution in [3.05, 3.63) is 0 Å². The van der Waals surface area contributed by atoms with Crippen molar-refractivity contribution in [2.45, 2.75) is 38.1 Å². The van der Waals surface area contributed by atoms with E-state index in [0.717, 1.165) is 30.2 Å². The molecule has 4 saturated carbocycles. The van der Waals surface area contributed by atoms with Crippen molar-refractivity contribution in [2.24, 2.45) is 35.3 Å². The fourth-order valence-electron chi connectivity index (χ4n) is 4.98. The monoisotopic (exact) mass is 266 g/mol. The van der Waals surface area contributed by atoms with Gasteiger partial charge in [-0.3, -0.25) is 4.79 Å². The lowest BCUT2D eigenvalue weighted by Crippen LogP contribution is -2.51. The number of nitrogens with one attached hydrogen (secondary N) is 1. The third-order valence-electron chi connectivity index (χ3n) is 5.62. The molecule has 0 heterocycles. The third kappa shape index (κ3) is 2.65. The summed E-state index contributed by atoms with van der Waals surface area (Å²) in [6.45, 7) is 1.12. The zero-order chi connectivity index (χ0) is 13.4. The highest BCUT2D eigenvalue weighted by atomic mass is 16.5. The van der Waals surface area contributed by atoms with Gasteiger partial charge in [-0.05, 0) is 61.7 Å². The van der Waals surface area contributed by atoms with E-state index in [2.05, 4.69) is 5.32 Å². The molecule has 0 spiro atoms. The van der Waals surface area contributed by atoms with Crippen molar-refractivity contribution in [3.8, 4) is 0 Å². The van der Waals surface area contributed by atoms with E-state index in [0.29, 0.717) is 12.5 Å². The zero-order valence-electron chi connectivity index (χ0n) is 11.8. The molecule has 1 atom stereocenters. The van der Waals surface area contributed by atoms with Crippen molar-refractivity contribution < 1.29 is 9.53 Å². The van der Waals surface area contributed by atoms with E-state index in [-0.39, 0.29) is 5.91 Å². The Morgan fingerprint density at radius 3 is 2.32 bits per heavy atom. The molecule has 4 fully saturated rings. The number of amides is 1. The van der Waals surface area contributed by atoms with Crippen LogP contribution in [-0.4, -0.2) is 32.2 Å². The maximum atomic E-state index is 11.9. The Morgan fingerprint density at radius 1 is 1.21 bits per heavy atom. The van der Waals surface area contributed by atoms with Gasteiger partial charge in [0.15, 0.2) is 0 Å². The molecule has 0 radical (unpaired) electrons. The second kappa shape index (κ2) is 5.41. The molecule has 0 aromatic carbocycles. The second-order valence-electron chi connectivity index (χ2n) is 6.90. The van der Waals surface area contributed by atoms with Crippen LogP contribution >= 0.6 is 0 Å². The van der Waals surface area contributed by atoms with Gasteiger partial charge in [0.1, 0.15) is 6.04 Å². The molecule has 1 amide bonds. The van der Waals surface area contributed by atoms with Crippen LogP contribution in [0.4, 0.5) is 0 Å². The number of hydrogen-bond acceptors (Lipinski definition) is 3. The first kappa shape index (κ1) is 13.4. The SMILES string of the molecule is COCC(N)C(=O)NCC1C2CC3CC(C2)CC1C3. The highest BCUT2D eigenvalue weighted by Crippen LogP contribution is 2.56. The van der Waals surface area contributed by atoms with Crippen LogP contribution in [0.5, 0.6) is 0 Å². The first-order valence-corrected chi connectivity index (χ1v) is 7.69. The summed E-state index contributed by atoms with van der Waals surface area (Å²) in [7, 11) is 1.57. The molecule has 1 unspecified atom stereocenters. The molecule has 0 aromatic rings. The number of carbonyl (C=O) groups excluding carboxylic acids is 1. The molecule has 0 aromatic heterocycles. The molecule has 4 rings (SSSR count). The Labute approximate surface area is 115 Å². The second-order valence-corrected chi connectivity index (χ2v) is 6.90. The minimum atomic E-state index is -0.526. The van der Waals surface area contributed by atoms with Gasteiger partial charge in [0.25, 0.3) is 0 Å². The van der Waals surface area contributed by atoms with Crippen molar-refractivity contribution in [1.29, 1.82) is 0 Å². The van der Waals surface area contributed by atoms with Gasteiger partial charge in [0.05, 0.1) is 6.61 Å². The van der Waals surface area contributed by atoms with Crippen LogP contribution in [0.1, 0.15) is 32.1 Å². The van der Waals surface area contributed by atoms with E-state index in [1.165, 1.54) is 32.1 Å². The van der Waals surface area contributed by atoms with E-state index < -0.39 is 6.04 Å². The molecule has 4 bridgehead atoms. The summed E-state index contributed by atoms with van der Waals surface area (Å²) in [5.41, 5.74) is 5.75. The topological polar surface area (TPSA) is 64.3 Å². The molecule has 0 aliphatic heterocycles. The van der Waals surface area contributed by atoms with Gasteiger partial charge in [-0.1, -0.05) is 0 Å². The van der Waals surface area contributed by atoms with Crippen LogP contribution in [0, 0.1) is 29.6 Å². The Bertz CT molecular complexity index is 317. The maximum Gasteiger partial charge on any atom is 0.239 e. The molecule has 4 aliphatic rings. The van der Waals surface area contributed by atoms with Crippen LogP contribution in [0.3, 0.4) is 0 Å². The first-order chi connectivity index (χ1) is 9.17. The number of nitrogens with two attached hydrogens (primary N) is 1. The largest absolute Gasteiger partial charge is 0.383 e. The number of ether oxygens (including phenoxy) is 1. The summed E-state index contributed by atoms with van der Waals surface area (Å²) in [6.07, 6.45) is 7.08. The molecular formula is C15H26N2O2. The average Bonchev–Trinajstić information content (AvgIpc) is 2.37. The third-order valence-corrected chi connectivity index (χ3v) is 5.62. The molecule has 108 valence electrons. The van der Waals surface area contributed by atoms with Crippen LogP contribution in [0.15, 0.2) is 0 Å². The summed E-state index contributed by atoms with van der Waals surface area (Å²) >= 11 is 0. The lowest BCUT2D eigenvalue weighted by atomic mass is 9.52. The quantitative estimate of drug-likeness (QED) is 0.784. The van der Waals surface area contributed by atoms with Gasteiger partial charge in [-0.2, -0.15) is 0 Å². The number of rotatable bonds is 5. The van der Waals surface area contributed by atoms with Crippen LogP contribution < -0.4 is 11.1 Å². The highest BCUT2D eigenvalue weighted by molar-refractivity contribution is 5.81. The van der Waals surface area contributed by atoms with E-state index in [9.17, 15) is 4.79 Å². The minimum Gasteiger partial charge on any atom is -0.383 e. The maximum absolute atomic E-state index is 11.9. The minimum absolute atomic E-state index is 0.0596. The average molecular weight is 266 g/mol. The van der Waals surface area contributed by atoms with Gasteiger partial charge in [0.2, 0.25) is 5.91 Å². The fraction of sp³-hybridized carbons (Fsp3) is 0.933. The Kier molecular flexibility index (Phi) is 3.81. The number of hydrogen-bond donors (Lipinski definition) is 2. The number of carbonyl (C=O) groups is 1. The summed E-state index contributed by atoms with van der Waals surface area (Å²) in [5.74, 6) is 4.34. The molecule has 4 nitrogen and oxygen atoms in total. The van der Waals surface area contributed by atoms with E-state index >= 15 is 0 Å². The Hall–Kier alpha value is -0.610.